The Hall–Kier alpha value is -2.05. The van der Waals surface area contributed by atoms with Crippen LogP contribution in [0.25, 0.3) is 0 Å². The summed E-state index contributed by atoms with van der Waals surface area (Å²) >= 11 is 0. The molecular weight excluding hydrogens is 289 g/mol. The van der Waals surface area contributed by atoms with E-state index in [0.717, 1.165) is 0 Å². The average Bonchev–Trinajstić information content (AvgIpc) is 3.13. The zero-order valence-corrected chi connectivity index (χ0v) is 11.2. The lowest BCUT2D eigenvalue weighted by Gasteiger charge is -2.16. The van der Waals surface area contributed by atoms with Crippen molar-refractivity contribution in [3.05, 3.63) is 34.6 Å². The Labute approximate surface area is 118 Å². The summed E-state index contributed by atoms with van der Waals surface area (Å²) < 4.78 is 46.6. The minimum Gasteiger partial charge on any atom is -0.481 e. The predicted molar refractivity (Wildman–Crippen MR) is 65.4 cm³/mol. The maximum atomic E-state index is 14.1. The van der Waals surface area contributed by atoms with Crippen molar-refractivity contribution in [3.63, 3.8) is 0 Å². The van der Waals surface area contributed by atoms with Gasteiger partial charge in [-0.15, -0.1) is 0 Å². The fourth-order valence-corrected chi connectivity index (χ4v) is 2.39. The fourth-order valence-electron chi connectivity index (χ4n) is 2.39. The van der Waals surface area contributed by atoms with Gasteiger partial charge in [0.05, 0.1) is 13.0 Å². The first-order valence-electron chi connectivity index (χ1n) is 6.39. The molecule has 0 radical (unpaired) electrons. The Morgan fingerprint density at radius 2 is 1.90 bits per heavy atom. The van der Waals surface area contributed by atoms with Gasteiger partial charge in [-0.2, -0.15) is 0 Å². The highest BCUT2D eigenvalue weighted by molar-refractivity contribution is 5.90. The van der Waals surface area contributed by atoms with Gasteiger partial charge in [0.15, 0.2) is 11.6 Å². The molecular formula is C14H13F3O4. The molecule has 1 aromatic rings. The molecule has 0 saturated heterocycles. The van der Waals surface area contributed by atoms with E-state index in [1.54, 1.807) is 0 Å². The van der Waals surface area contributed by atoms with Crippen LogP contribution in [0.4, 0.5) is 13.2 Å². The minimum atomic E-state index is -1.52. The maximum absolute atomic E-state index is 14.1. The molecule has 7 heteroatoms. The summed E-state index contributed by atoms with van der Waals surface area (Å²) in [5.41, 5.74) is -2.66. The summed E-state index contributed by atoms with van der Waals surface area (Å²) in [5, 5.41) is 8.80. The molecule has 0 amide bonds. The lowest BCUT2D eigenvalue weighted by atomic mass is 9.90. The van der Waals surface area contributed by atoms with Gasteiger partial charge < -0.3 is 9.84 Å². The number of hydrogen-bond acceptors (Lipinski definition) is 3. The second kappa shape index (κ2) is 5.38. The number of esters is 1. The second-order valence-corrected chi connectivity index (χ2v) is 4.98. The molecule has 1 saturated carbocycles. The third-order valence-electron chi connectivity index (χ3n) is 3.53. The molecule has 0 spiro atoms. The molecule has 0 heterocycles. The number of carboxylic acids is 1. The van der Waals surface area contributed by atoms with Gasteiger partial charge in [-0.05, 0) is 25.8 Å². The van der Waals surface area contributed by atoms with E-state index < -0.39 is 52.4 Å². The molecule has 0 aromatic heterocycles. The van der Waals surface area contributed by atoms with E-state index in [0.29, 0.717) is 6.07 Å². The van der Waals surface area contributed by atoms with Gasteiger partial charge in [0.2, 0.25) is 0 Å². The van der Waals surface area contributed by atoms with Gasteiger partial charge in [-0.3, -0.25) is 4.79 Å². The van der Waals surface area contributed by atoms with Gasteiger partial charge in [-0.25, -0.2) is 18.0 Å². The summed E-state index contributed by atoms with van der Waals surface area (Å²) in [6.07, 6.45) is 0.0235. The van der Waals surface area contributed by atoms with Crippen LogP contribution in [0.2, 0.25) is 0 Å². The lowest BCUT2D eigenvalue weighted by Crippen LogP contribution is -2.20. The monoisotopic (exact) mass is 302 g/mol. The van der Waals surface area contributed by atoms with Crippen LogP contribution in [0.3, 0.4) is 0 Å². The van der Waals surface area contributed by atoms with Crippen molar-refractivity contribution in [2.45, 2.75) is 31.6 Å². The number of halogens is 3. The maximum Gasteiger partial charge on any atom is 0.341 e. The number of benzene rings is 1. The first-order chi connectivity index (χ1) is 9.82. The Bertz CT molecular complexity index is 609. The standard InChI is InChI=1S/C14H13F3O4/c1-2-21-13(20)7-5-8(15)10(12(17)11(7)16)14(3-4-14)6-9(18)19/h5H,2-4,6H2,1H3,(H,18,19). The van der Waals surface area contributed by atoms with E-state index in [9.17, 15) is 22.8 Å². The van der Waals surface area contributed by atoms with Crippen molar-refractivity contribution in [1.82, 2.24) is 0 Å². The highest BCUT2D eigenvalue weighted by atomic mass is 19.2. The number of ether oxygens (including phenoxy) is 1. The zero-order valence-electron chi connectivity index (χ0n) is 11.2. The number of hydrogen-bond donors (Lipinski definition) is 1. The Morgan fingerprint density at radius 3 is 2.38 bits per heavy atom. The molecule has 1 aliphatic rings. The minimum absolute atomic E-state index is 0.0633. The van der Waals surface area contributed by atoms with Crippen molar-refractivity contribution in [1.29, 1.82) is 0 Å². The van der Waals surface area contributed by atoms with Crippen molar-refractivity contribution < 1.29 is 32.6 Å². The van der Waals surface area contributed by atoms with E-state index in [4.69, 9.17) is 5.11 Å². The topological polar surface area (TPSA) is 63.6 Å². The first-order valence-corrected chi connectivity index (χ1v) is 6.39. The SMILES string of the molecule is CCOC(=O)c1cc(F)c(C2(CC(=O)O)CC2)c(F)c1F. The van der Waals surface area contributed by atoms with Crippen LogP contribution in [0, 0.1) is 17.5 Å². The van der Waals surface area contributed by atoms with Gasteiger partial charge in [0.1, 0.15) is 11.4 Å². The summed E-state index contributed by atoms with van der Waals surface area (Å²) in [4.78, 5) is 22.2. The van der Waals surface area contributed by atoms with Crippen LogP contribution in [0.5, 0.6) is 0 Å². The molecule has 2 rings (SSSR count). The van der Waals surface area contributed by atoms with Gasteiger partial charge in [-0.1, -0.05) is 0 Å². The molecule has 1 aliphatic carbocycles. The summed E-state index contributed by atoms with van der Waals surface area (Å²) in [5.74, 6) is -6.54. The molecule has 1 aromatic carbocycles. The van der Waals surface area contributed by atoms with Crippen LogP contribution in [-0.2, 0) is 14.9 Å². The van der Waals surface area contributed by atoms with E-state index in [1.807, 2.05) is 0 Å². The second-order valence-electron chi connectivity index (χ2n) is 4.98. The Balaban J connectivity index is 2.49. The largest absolute Gasteiger partial charge is 0.481 e. The summed E-state index contributed by atoms with van der Waals surface area (Å²) in [6.45, 7) is 1.41. The Morgan fingerprint density at radius 1 is 1.29 bits per heavy atom. The quantitative estimate of drug-likeness (QED) is 0.671. The van der Waals surface area contributed by atoms with E-state index >= 15 is 0 Å². The van der Waals surface area contributed by atoms with Crippen molar-refractivity contribution >= 4 is 11.9 Å². The fraction of sp³-hybridized carbons (Fsp3) is 0.429. The normalized spacial score (nSPS) is 15.6. The third kappa shape index (κ3) is 2.72. The molecule has 4 nitrogen and oxygen atoms in total. The van der Waals surface area contributed by atoms with E-state index in [-0.39, 0.29) is 19.4 Å². The molecule has 0 aliphatic heterocycles. The van der Waals surface area contributed by atoms with Gasteiger partial charge in [0, 0.05) is 11.0 Å². The number of carboxylic acid groups (broad SMARTS) is 1. The number of carbonyl (C=O) groups is 2. The average molecular weight is 302 g/mol. The van der Waals surface area contributed by atoms with Crippen molar-refractivity contribution in [3.8, 4) is 0 Å². The molecule has 1 N–H and O–H groups in total. The smallest absolute Gasteiger partial charge is 0.341 e. The van der Waals surface area contributed by atoms with E-state index in [2.05, 4.69) is 4.74 Å². The molecule has 0 unspecified atom stereocenters. The van der Waals surface area contributed by atoms with Crippen LogP contribution < -0.4 is 0 Å². The zero-order chi connectivity index (χ0) is 15.8. The lowest BCUT2D eigenvalue weighted by molar-refractivity contribution is -0.137. The predicted octanol–water partition coefficient (Wildman–Crippen LogP) is 2.79. The molecule has 114 valence electrons. The number of aliphatic carboxylic acids is 1. The Kier molecular flexibility index (Phi) is 3.93. The molecule has 21 heavy (non-hydrogen) atoms. The van der Waals surface area contributed by atoms with Gasteiger partial charge >= 0.3 is 11.9 Å². The van der Waals surface area contributed by atoms with Crippen LogP contribution in [0.15, 0.2) is 6.07 Å². The molecule has 0 bridgehead atoms. The molecule has 0 atom stereocenters. The van der Waals surface area contributed by atoms with Gasteiger partial charge in [0.25, 0.3) is 0 Å². The van der Waals surface area contributed by atoms with Crippen LogP contribution in [-0.4, -0.2) is 23.7 Å². The van der Waals surface area contributed by atoms with E-state index in [1.165, 1.54) is 6.92 Å². The van der Waals surface area contributed by atoms with Crippen molar-refractivity contribution in [2.24, 2.45) is 0 Å². The number of carbonyl (C=O) groups excluding carboxylic acids is 1. The van der Waals surface area contributed by atoms with Crippen LogP contribution in [0.1, 0.15) is 42.1 Å². The molecule has 1 fully saturated rings. The highest BCUT2D eigenvalue weighted by Crippen LogP contribution is 2.53. The summed E-state index contributed by atoms with van der Waals surface area (Å²) in [6, 6.07) is 0.563. The highest BCUT2D eigenvalue weighted by Gasteiger charge is 2.50. The summed E-state index contributed by atoms with van der Waals surface area (Å²) in [7, 11) is 0. The third-order valence-corrected chi connectivity index (χ3v) is 3.53. The van der Waals surface area contributed by atoms with Crippen molar-refractivity contribution in [2.75, 3.05) is 6.61 Å². The van der Waals surface area contributed by atoms with Crippen LogP contribution >= 0.6 is 0 Å². The first kappa shape index (κ1) is 15.3. The number of rotatable bonds is 5.